The van der Waals surface area contributed by atoms with Gasteiger partial charge in [-0.25, -0.2) is 4.79 Å². The quantitative estimate of drug-likeness (QED) is 0.600. The number of aliphatic carboxylic acids is 1. The van der Waals surface area contributed by atoms with E-state index >= 15 is 0 Å². The van der Waals surface area contributed by atoms with Gasteiger partial charge in [-0.3, -0.25) is 0 Å². The minimum Gasteiger partial charge on any atom is -0.479 e. The lowest BCUT2D eigenvalue weighted by atomic mass is 10.4. The van der Waals surface area contributed by atoms with Crippen LogP contribution in [0.1, 0.15) is 13.8 Å². The van der Waals surface area contributed by atoms with Crippen molar-refractivity contribution in [1.29, 1.82) is 0 Å². The maximum atomic E-state index is 10.1. The molecule has 0 aromatic heterocycles. The van der Waals surface area contributed by atoms with Gasteiger partial charge in [0.2, 0.25) is 0 Å². The Balaban J connectivity index is 3.39. The first-order valence-corrected chi connectivity index (χ1v) is 3.14. The molecule has 3 heteroatoms. The van der Waals surface area contributed by atoms with Crippen molar-refractivity contribution >= 4 is 5.97 Å². The summed E-state index contributed by atoms with van der Waals surface area (Å²) in [5.41, 5.74) is 0. The molecule has 0 heterocycles. The van der Waals surface area contributed by atoms with Crippen molar-refractivity contribution in [2.75, 3.05) is 6.61 Å². The largest absolute Gasteiger partial charge is 0.479 e. The Morgan fingerprint density at radius 2 is 2.40 bits per heavy atom. The zero-order valence-electron chi connectivity index (χ0n) is 6.20. The first-order valence-electron chi connectivity index (χ1n) is 3.14. The standard InChI is InChI=1S/C7H12O3/c1-3-4-5-10-6(2)7(8)9/h3-4,6H,5H2,1-2H3,(H,8,9). The van der Waals surface area contributed by atoms with E-state index in [0.29, 0.717) is 6.61 Å². The first-order chi connectivity index (χ1) is 4.68. The fraction of sp³-hybridized carbons (Fsp3) is 0.571. The fourth-order valence-electron chi connectivity index (χ4n) is 0.367. The summed E-state index contributed by atoms with van der Waals surface area (Å²) in [7, 11) is 0. The van der Waals surface area contributed by atoms with Gasteiger partial charge in [0.1, 0.15) is 0 Å². The minimum atomic E-state index is -0.926. The van der Waals surface area contributed by atoms with E-state index in [1.54, 1.807) is 6.08 Å². The molecule has 0 radical (unpaired) electrons. The molecule has 0 spiro atoms. The second-order valence-corrected chi connectivity index (χ2v) is 1.88. The van der Waals surface area contributed by atoms with Gasteiger partial charge in [-0.05, 0) is 13.8 Å². The lowest BCUT2D eigenvalue weighted by molar-refractivity contribution is -0.148. The van der Waals surface area contributed by atoms with Crippen LogP contribution in [-0.2, 0) is 9.53 Å². The van der Waals surface area contributed by atoms with E-state index in [9.17, 15) is 4.79 Å². The molecule has 0 bridgehead atoms. The summed E-state index contributed by atoms with van der Waals surface area (Å²) in [6, 6.07) is 0. The summed E-state index contributed by atoms with van der Waals surface area (Å²) in [6.07, 6.45) is 2.87. The number of carboxylic acids is 1. The van der Waals surface area contributed by atoms with Crippen LogP contribution in [0.3, 0.4) is 0 Å². The van der Waals surface area contributed by atoms with Crippen molar-refractivity contribution in [3.05, 3.63) is 12.2 Å². The molecular formula is C7H12O3. The van der Waals surface area contributed by atoms with E-state index in [0.717, 1.165) is 0 Å². The summed E-state index contributed by atoms with van der Waals surface area (Å²) in [5.74, 6) is -0.926. The second-order valence-electron chi connectivity index (χ2n) is 1.88. The predicted octanol–water partition coefficient (Wildman–Crippen LogP) is 1.05. The molecule has 0 rings (SSSR count). The molecule has 0 aliphatic carbocycles. The van der Waals surface area contributed by atoms with E-state index in [1.807, 2.05) is 13.0 Å². The maximum absolute atomic E-state index is 10.1. The lowest BCUT2D eigenvalue weighted by Gasteiger charge is -2.04. The molecule has 0 aromatic rings. The third-order valence-electron chi connectivity index (χ3n) is 1.03. The highest BCUT2D eigenvalue weighted by molar-refractivity contribution is 5.71. The summed E-state index contributed by atoms with van der Waals surface area (Å²) in [4.78, 5) is 10.1. The van der Waals surface area contributed by atoms with Gasteiger partial charge in [0.05, 0.1) is 6.61 Å². The molecule has 3 nitrogen and oxygen atoms in total. The Bertz CT molecular complexity index is 129. The molecule has 10 heavy (non-hydrogen) atoms. The van der Waals surface area contributed by atoms with Crippen molar-refractivity contribution in [2.45, 2.75) is 20.0 Å². The van der Waals surface area contributed by atoms with Gasteiger partial charge in [0, 0.05) is 0 Å². The average Bonchev–Trinajstić information content (AvgIpc) is 1.88. The molecule has 0 aliphatic rings. The number of carbonyl (C=O) groups is 1. The average molecular weight is 144 g/mol. The van der Waals surface area contributed by atoms with Crippen molar-refractivity contribution in [2.24, 2.45) is 0 Å². The molecule has 0 saturated heterocycles. The van der Waals surface area contributed by atoms with Crippen LogP contribution in [0.15, 0.2) is 12.2 Å². The zero-order valence-corrected chi connectivity index (χ0v) is 6.20. The summed E-state index contributed by atoms with van der Waals surface area (Å²) < 4.78 is 4.86. The molecule has 0 saturated carbocycles. The highest BCUT2D eigenvalue weighted by atomic mass is 16.5. The molecule has 0 aromatic carbocycles. The Kier molecular flexibility index (Phi) is 4.58. The number of ether oxygens (including phenoxy) is 1. The number of rotatable bonds is 4. The van der Waals surface area contributed by atoms with Crippen LogP contribution in [0, 0.1) is 0 Å². The number of hydrogen-bond acceptors (Lipinski definition) is 2. The molecule has 0 fully saturated rings. The predicted molar refractivity (Wildman–Crippen MR) is 37.9 cm³/mol. The molecule has 0 amide bonds. The van der Waals surface area contributed by atoms with Gasteiger partial charge in [-0.1, -0.05) is 12.2 Å². The smallest absolute Gasteiger partial charge is 0.332 e. The summed E-state index contributed by atoms with van der Waals surface area (Å²) >= 11 is 0. The molecule has 1 N–H and O–H groups in total. The van der Waals surface area contributed by atoms with Gasteiger partial charge in [0.15, 0.2) is 6.10 Å². The number of carboxylic acid groups (broad SMARTS) is 1. The fourth-order valence-corrected chi connectivity index (χ4v) is 0.367. The van der Waals surface area contributed by atoms with Crippen LogP contribution in [0.2, 0.25) is 0 Å². The molecule has 1 atom stereocenters. The minimum absolute atomic E-state index is 0.365. The van der Waals surface area contributed by atoms with Crippen LogP contribution in [-0.4, -0.2) is 23.8 Å². The van der Waals surface area contributed by atoms with Crippen LogP contribution < -0.4 is 0 Å². The van der Waals surface area contributed by atoms with E-state index < -0.39 is 12.1 Å². The summed E-state index contributed by atoms with van der Waals surface area (Å²) in [5, 5.41) is 8.33. The topological polar surface area (TPSA) is 46.5 Å². The second kappa shape index (κ2) is 4.99. The monoisotopic (exact) mass is 144 g/mol. The van der Waals surface area contributed by atoms with Crippen molar-refractivity contribution in [3.8, 4) is 0 Å². The van der Waals surface area contributed by atoms with Gasteiger partial charge in [0.25, 0.3) is 0 Å². The lowest BCUT2D eigenvalue weighted by Crippen LogP contribution is -2.19. The summed E-state index contributed by atoms with van der Waals surface area (Å²) in [6.45, 7) is 3.73. The Morgan fingerprint density at radius 1 is 1.80 bits per heavy atom. The van der Waals surface area contributed by atoms with Crippen molar-refractivity contribution < 1.29 is 14.6 Å². The van der Waals surface area contributed by atoms with E-state index in [2.05, 4.69) is 0 Å². The number of allylic oxidation sites excluding steroid dienone is 1. The Morgan fingerprint density at radius 3 is 2.80 bits per heavy atom. The van der Waals surface area contributed by atoms with E-state index in [-0.39, 0.29) is 0 Å². The first kappa shape index (κ1) is 9.17. The normalized spacial score (nSPS) is 13.8. The Labute approximate surface area is 60.3 Å². The number of hydrogen-bond donors (Lipinski definition) is 1. The zero-order chi connectivity index (χ0) is 7.98. The van der Waals surface area contributed by atoms with Crippen molar-refractivity contribution in [1.82, 2.24) is 0 Å². The van der Waals surface area contributed by atoms with Crippen LogP contribution in [0.25, 0.3) is 0 Å². The third kappa shape index (κ3) is 4.09. The molecule has 58 valence electrons. The highest BCUT2D eigenvalue weighted by Gasteiger charge is 2.08. The molecule has 1 unspecified atom stereocenters. The van der Waals surface area contributed by atoms with Gasteiger partial charge in [-0.15, -0.1) is 0 Å². The van der Waals surface area contributed by atoms with Gasteiger partial charge < -0.3 is 9.84 Å². The SMILES string of the molecule is CC=CCOC(C)C(=O)O. The van der Waals surface area contributed by atoms with E-state index in [1.165, 1.54) is 6.92 Å². The molecule has 0 aliphatic heterocycles. The third-order valence-corrected chi connectivity index (χ3v) is 1.03. The van der Waals surface area contributed by atoms with Crippen LogP contribution in [0.4, 0.5) is 0 Å². The van der Waals surface area contributed by atoms with Crippen LogP contribution >= 0.6 is 0 Å². The molecular weight excluding hydrogens is 132 g/mol. The maximum Gasteiger partial charge on any atom is 0.332 e. The van der Waals surface area contributed by atoms with Crippen LogP contribution in [0.5, 0.6) is 0 Å². The van der Waals surface area contributed by atoms with Crippen molar-refractivity contribution in [3.63, 3.8) is 0 Å². The van der Waals surface area contributed by atoms with Gasteiger partial charge >= 0.3 is 5.97 Å². The van der Waals surface area contributed by atoms with Gasteiger partial charge in [-0.2, -0.15) is 0 Å². The highest BCUT2D eigenvalue weighted by Crippen LogP contribution is 1.89. The Hall–Kier alpha value is -0.830. The van der Waals surface area contributed by atoms with E-state index in [4.69, 9.17) is 9.84 Å².